The lowest BCUT2D eigenvalue weighted by molar-refractivity contribution is 0.134. The van der Waals surface area contributed by atoms with E-state index in [0.717, 1.165) is 24.0 Å². The van der Waals surface area contributed by atoms with Crippen LogP contribution in [0.15, 0.2) is 41.8 Å². The van der Waals surface area contributed by atoms with Crippen LogP contribution in [0.5, 0.6) is 0 Å². The van der Waals surface area contributed by atoms with E-state index in [-0.39, 0.29) is 6.04 Å². The summed E-state index contributed by atoms with van der Waals surface area (Å²) in [6.45, 7) is 2.29. The fraction of sp³-hybridized carbons (Fsp3) is 0.438. The van der Waals surface area contributed by atoms with Crippen molar-refractivity contribution in [3.8, 4) is 0 Å². The Hall–Kier alpha value is -1.70. The monoisotopic (exact) mass is 333 g/mol. The average Bonchev–Trinajstić information content (AvgIpc) is 3.28. The first-order valence-corrected chi connectivity index (χ1v) is 9.26. The Morgan fingerprint density at radius 1 is 1.26 bits per heavy atom. The molecule has 1 aromatic heterocycles. The van der Waals surface area contributed by atoms with E-state index < -0.39 is 10.0 Å². The van der Waals surface area contributed by atoms with E-state index in [1.165, 1.54) is 0 Å². The van der Waals surface area contributed by atoms with E-state index in [1.54, 1.807) is 29.0 Å². The van der Waals surface area contributed by atoms with Gasteiger partial charge in [-0.15, -0.1) is 0 Å². The van der Waals surface area contributed by atoms with Crippen LogP contribution in [0.25, 0.3) is 0 Å². The summed E-state index contributed by atoms with van der Waals surface area (Å²) in [4.78, 5) is 4.40. The van der Waals surface area contributed by atoms with Crippen LogP contribution < -0.4 is 0 Å². The van der Waals surface area contributed by atoms with E-state index in [4.69, 9.17) is 4.74 Å². The minimum Gasteiger partial charge on any atom is -0.372 e. The molecule has 2 aliphatic rings. The van der Waals surface area contributed by atoms with Crippen LogP contribution in [0.2, 0.25) is 0 Å². The number of nitrogens with zero attached hydrogens (tertiary/aromatic N) is 3. The van der Waals surface area contributed by atoms with Gasteiger partial charge in [0.2, 0.25) is 10.0 Å². The molecule has 3 heterocycles. The second-order valence-corrected chi connectivity index (χ2v) is 7.99. The standard InChI is InChI=1S/C16H19N3O3S/c20-23(21,16-4-3-13-10-22-11-14(13)8-16)19-6-1-2-15(19)9-18-7-5-17-12-18/h3-5,7-8,12,15H,1-2,6,9-11H2. The zero-order chi connectivity index (χ0) is 15.9. The fourth-order valence-electron chi connectivity index (χ4n) is 3.39. The number of imidazole rings is 1. The lowest BCUT2D eigenvalue weighted by atomic mass is 10.1. The van der Waals surface area contributed by atoms with Crippen LogP contribution in [0.1, 0.15) is 24.0 Å². The van der Waals surface area contributed by atoms with Crippen molar-refractivity contribution in [3.63, 3.8) is 0 Å². The highest BCUT2D eigenvalue weighted by Crippen LogP contribution is 2.29. The number of aromatic nitrogens is 2. The predicted molar refractivity (Wildman–Crippen MR) is 84.1 cm³/mol. The molecule has 0 amide bonds. The molecule has 6 nitrogen and oxygen atoms in total. The summed E-state index contributed by atoms with van der Waals surface area (Å²) in [6.07, 6.45) is 7.10. The summed E-state index contributed by atoms with van der Waals surface area (Å²) in [6, 6.07) is 5.33. The summed E-state index contributed by atoms with van der Waals surface area (Å²) in [7, 11) is -3.47. The molecule has 1 unspecified atom stereocenters. The average molecular weight is 333 g/mol. The predicted octanol–water partition coefficient (Wildman–Crippen LogP) is 1.77. The second kappa shape index (κ2) is 5.74. The first kappa shape index (κ1) is 14.9. The summed E-state index contributed by atoms with van der Waals surface area (Å²) in [5.74, 6) is 0. The molecule has 2 aromatic rings. The van der Waals surface area contributed by atoms with Gasteiger partial charge in [-0.1, -0.05) is 6.07 Å². The van der Waals surface area contributed by atoms with Crippen molar-refractivity contribution in [1.29, 1.82) is 0 Å². The number of fused-ring (bicyclic) bond motifs is 1. The molecule has 0 radical (unpaired) electrons. The topological polar surface area (TPSA) is 64.4 Å². The van der Waals surface area contributed by atoms with Crippen LogP contribution in [-0.4, -0.2) is 34.9 Å². The molecular weight excluding hydrogens is 314 g/mol. The largest absolute Gasteiger partial charge is 0.372 e. The third-order valence-electron chi connectivity index (χ3n) is 4.60. The first-order chi connectivity index (χ1) is 11.1. The minimum atomic E-state index is -3.47. The van der Waals surface area contributed by atoms with Gasteiger partial charge in [-0.25, -0.2) is 13.4 Å². The van der Waals surface area contributed by atoms with Crippen molar-refractivity contribution < 1.29 is 13.2 Å². The van der Waals surface area contributed by atoms with Gasteiger partial charge in [0.05, 0.1) is 24.4 Å². The van der Waals surface area contributed by atoms with Gasteiger partial charge in [-0.05, 0) is 36.1 Å². The van der Waals surface area contributed by atoms with Gasteiger partial charge < -0.3 is 9.30 Å². The molecule has 23 heavy (non-hydrogen) atoms. The molecule has 1 fully saturated rings. The lowest BCUT2D eigenvalue weighted by Gasteiger charge is -2.24. The molecule has 0 spiro atoms. The smallest absolute Gasteiger partial charge is 0.243 e. The maximum atomic E-state index is 13.0. The highest BCUT2D eigenvalue weighted by atomic mass is 32.2. The fourth-order valence-corrected chi connectivity index (χ4v) is 5.13. The van der Waals surface area contributed by atoms with Crippen molar-refractivity contribution in [1.82, 2.24) is 13.9 Å². The number of benzene rings is 1. The Labute approximate surface area is 135 Å². The molecule has 0 bridgehead atoms. The molecule has 7 heteroatoms. The number of rotatable bonds is 4. The molecule has 0 N–H and O–H groups in total. The minimum absolute atomic E-state index is 0.0151. The third-order valence-corrected chi connectivity index (χ3v) is 6.55. The van der Waals surface area contributed by atoms with Crippen LogP contribution in [0, 0.1) is 0 Å². The van der Waals surface area contributed by atoms with Crippen molar-refractivity contribution in [2.45, 2.75) is 43.5 Å². The number of hydrogen-bond acceptors (Lipinski definition) is 4. The molecule has 4 rings (SSSR count). The maximum absolute atomic E-state index is 13.0. The van der Waals surface area contributed by atoms with Gasteiger partial charge in [0.15, 0.2) is 0 Å². The van der Waals surface area contributed by atoms with Gasteiger partial charge in [-0.3, -0.25) is 0 Å². The highest BCUT2D eigenvalue weighted by molar-refractivity contribution is 7.89. The normalized spacial score (nSPS) is 21.7. The van der Waals surface area contributed by atoms with Crippen molar-refractivity contribution in [2.24, 2.45) is 0 Å². The Balaban J connectivity index is 1.62. The van der Waals surface area contributed by atoms with E-state index in [1.807, 2.05) is 16.8 Å². The number of ether oxygens (including phenoxy) is 1. The Morgan fingerprint density at radius 2 is 2.13 bits per heavy atom. The van der Waals surface area contributed by atoms with Gasteiger partial charge in [0, 0.05) is 31.5 Å². The molecule has 1 atom stereocenters. The first-order valence-electron chi connectivity index (χ1n) is 7.82. The zero-order valence-corrected chi connectivity index (χ0v) is 13.6. The van der Waals surface area contributed by atoms with Gasteiger partial charge in [0.1, 0.15) is 0 Å². The molecular formula is C16H19N3O3S. The van der Waals surface area contributed by atoms with Gasteiger partial charge in [0.25, 0.3) is 0 Å². The Morgan fingerprint density at radius 3 is 2.96 bits per heavy atom. The van der Waals surface area contributed by atoms with Crippen LogP contribution in [0.4, 0.5) is 0 Å². The lowest BCUT2D eigenvalue weighted by Crippen LogP contribution is -2.37. The van der Waals surface area contributed by atoms with E-state index in [0.29, 0.717) is 31.2 Å². The van der Waals surface area contributed by atoms with Crippen molar-refractivity contribution in [3.05, 3.63) is 48.0 Å². The molecule has 1 aromatic carbocycles. The van der Waals surface area contributed by atoms with E-state index in [9.17, 15) is 8.42 Å². The summed E-state index contributed by atoms with van der Waals surface area (Å²) in [5, 5.41) is 0. The maximum Gasteiger partial charge on any atom is 0.243 e. The van der Waals surface area contributed by atoms with Crippen LogP contribution in [0.3, 0.4) is 0 Å². The Kier molecular flexibility index (Phi) is 3.71. The molecule has 1 saturated heterocycles. The van der Waals surface area contributed by atoms with E-state index >= 15 is 0 Å². The molecule has 122 valence electrons. The summed E-state index contributed by atoms with van der Waals surface area (Å²) < 4.78 is 35.0. The molecule has 0 saturated carbocycles. The van der Waals surface area contributed by atoms with E-state index in [2.05, 4.69) is 4.98 Å². The number of sulfonamides is 1. The summed E-state index contributed by atoms with van der Waals surface area (Å²) in [5.41, 5.74) is 2.07. The quantitative estimate of drug-likeness (QED) is 0.855. The van der Waals surface area contributed by atoms with Crippen LogP contribution in [-0.2, 0) is 34.5 Å². The summed E-state index contributed by atoms with van der Waals surface area (Å²) >= 11 is 0. The van der Waals surface area contributed by atoms with Crippen molar-refractivity contribution in [2.75, 3.05) is 6.54 Å². The van der Waals surface area contributed by atoms with Crippen LogP contribution >= 0.6 is 0 Å². The molecule has 0 aliphatic carbocycles. The van der Waals surface area contributed by atoms with Gasteiger partial charge >= 0.3 is 0 Å². The van der Waals surface area contributed by atoms with Gasteiger partial charge in [-0.2, -0.15) is 4.31 Å². The number of hydrogen-bond donors (Lipinski definition) is 0. The zero-order valence-electron chi connectivity index (χ0n) is 12.8. The van der Waals surface area contributed by atoms with Crippen molar-refractivity contribution >= 4 is 10.0 Å². The Bertz CT molecular complexity index is 802. The third kappa shape index (κ3) is 2.69. The molecule has 2 aliphatic heterocycles. The second-order valence-electron chi connectivity index (χ2n) is 6.09. The SMILES string of the molecule is O=S(=O)(c1ccc2c(c1)COC2)N1CCCC1Cn1ccnc1. The highest BCUT2D eigenvalue weighted by Gasteiger charge is 2.35.